The van der Waals surface area contributed by atoms with Crippen LogP contribution >= 0.6 is 0 Å². The minimum atomic E-state index is -1.39. The lowest BCUT2D eigenvalue weighted by molar-refractivity contribution is -0.0479. The van der Waals surface area contributed by atoms with E-state index in [-0.39, 0.29) is 12.4 Å². The molecule has 0 amide bonds. The number of hydrogen-bond donors (Lipinski definition) is 2. The number of ether oxygens (including phenoxy) is 2. The van der Waals surface area contributed by atoms with Crippen LogP contribution in [0.15, 0.2) is 11.0 Å². The molecule has 0 spiro atoms. The normalized spacial score (nSPS) is 29.8. The largest absolute Gasteiger partial charge is 0.383 e. The van der Waals surface area contributed by atoms with Crippen molar-refractivity contribution in [3.05, 3.63) is 22.2 Å². The van der Waals surface area contributed by atoms with E-state index in [9.17, 15) is 9.18 Å². The van der Waals surface area contributed by atoms with Crippen molar-refractivity contribution in [1.82, 2.24) is 14.9 Å². The Kier molecular flexibility index (Phi) is 4.36. The highest BCUT2D eigenvalue weighted by Crippen LogP contribution is 2.31. The number of nitrogens with one attached hydrogen (secondary N) is 1. The number of anilines is 1. The molecule has 0 bridgehead atoms. The number of hydrogen-bond acceptors (Lipinski definition) is 6. The molecule has 0 unspecified atom stereocenters. The van der Waals surface area contributed by atoms with Crippen molar-refractivity contribution in [2.24, 2.45) is 0 Å². The number of alkyl halides is 1. The fourth-order valence-corrected chi connectivity index (χ4v) is 2.35. The van der Waals surface area contributed by atoms with Crippen molar-refractivity contribution in [3.63, 3.8) is 0 Å². The van der Waals surface area contributed by atoms with Gasteiger partial charge in [-0.15, -0.1) is 0 Å². The molecule has 0 saturated carbocycles. The van der Waals surface area contributed by atoms with Gasteiger partial charge in [-0.1, -0.05) is 0 Å². The lowest BCUT2D eigenvalue weighted by atomic mass is 10.1. The third-order valence-corrected chi connectivity index (χ3v) is 3.44. The number of aryl methyl sites for hydroxylation is 1. The van der Waals surface area contributed by atoms with Crippen LogP contribution in [0.25, 0.3) is 0 Å². The summed E-state index contributed by atoms with van der Waals surface area (Å²) in [5, 5.41) is 2.85. The molecule has 1 aliphatic heterocycles. The van der Waals surface area contributed by atoms with Crippen LogP contribution in [-0.2, 0) is 9.47 Å². The fraction of sp³-hybridized carbons (Fsp3) is 0.667. The molecular formula is C12H19FN4O3. The lowest BCUT2D eigenvalue weighted by Gasteiger charge is -2.17. The molecule has 2 heterocycles. The van der Waals surface area contributed by atoms with Gasteiger partial charge in [0.2, 0.25) is 0 Å². The first-order chi connectivity index (χ1) is 9.49. The van der Waals surface area contributed by atoms with Crippen molar-refractivity contribution in [2.75, 3.05) is 26.5 Å². The van der Waals surface area contributed by atoms with E-state index in [1.165, 1.54) is 13.3 Å². The van der Waals surface area contributed by atoms with Crippen LogP contribution in [0, 0.1) is 6.92 Å². The molecule has 2 rings (SSSR count). The molecule has 20 heavy (non-hydrogen) atoms. The van der Waals surface area contributed by atoms with Crippen molar-refractivity contribution in [3.8, 4) is 0 Å². The summed E-state index contributed by atoms with van der Waals surface area (Å²) in [4.78, 5) is 15.5. The minimum absolute atomic E-state index is 0.137. The quantitative estimate of drug-likeness (QED) is 0.783. The van der Waals surface area contributed by atoms with Crippen LogP contribution in [0.5, 0.6) is 0 Å². The molecule has 1 aromatic heterocycles. The Balaban J connectivity index is 2.34. The highest BCUT2D eigenvalue weighted by atomic mass is 19.1. The topological polar surface area (TPSA) is 91.4 Å². The predicted octanol–water partition coefficient (Wildman–Crippen LogP) is -0.396. The average Bonchev–Trinajstić information content (AvgIpc) is 2.71. The number of nitrogens with zero attached hydrogens (tertiary/aromatic N) is 2. The fourth-order valence-electron chi connectivity index (χ4n) is 2.35. The first kappa shape index (κ1) is 14.9. The smallest absolute Gasteiger partial charge is 0.351 e. The number of nitrogen functional groups attached to an aromatic ring is 1. The molecule has 8 heteroatoms. The third-order valence-electron chi connectivity index (χ3n) is 3.44. The second-order valence-corrected chi connectivity index (χ2v) is 4.78. The van der Waals surface area contributed by atoms with Crippen LogP contribution in [0.1, 0.15) is 11.8 Å². The van der Waals surface area contributed by atoms with Gasteiger partial charge < -0.3 is 20.5 Å². The van der Waals surface area contributed by atoms with Gasteiger partial charge in [0, 0.05) is 18.9 Å². The Labute approximate surface area is 115 Å². The SMILES string of the molecule is CN[C@H]1[C@@H](F)[C@H](n2cc(C)c(N)nc2=O)O[C@@H]1COC. The Morgan fingerprint density at radius 1 is 1.65 bits per heavy atom. The molecule has 0 radical (unpaired) electrons. The number of rotatable bonds is 4. The van der Waals surface area contributed by atoms with E-state index in [0.717, 1.165) is 4.57 Å². The summed E-state index contributed by atoms with van der Waals surface area (Å²) in [5.74, 6) is 0.137. The Bertz CT molecular complexity index is 536. The molecule has 1 aromatic rings. The zero-order valence-corrected chi connectivity index (χ0v) is 11.7. The molecule has 1 fully saturated rings. The van der Waals surface area contributed by atoms with Crippen molar-refractivity contribution in [2.45, 2.75) is 31.5 Å². The third kappa shape index (κ3) is 2.54. The summed E-state index contributed by atoms with van der Waals surface area (Å²) in [6, 6.07) is -0.551. The molecule has 1 saturated heterocycles. The van der Waals surface area contributed by atoms with E-state index in [2.05, 4.69) is 10.3 Å². The van der Waals surface area contributed by atoms with Gasteiger partial charge in [-0.25, -0.2) is 9.18 Å². The van der Waals surface area contributed by atoms with E-state index >= 15 is 0 Å². The van der Waals surface area contributed by atoms with Crippen LogP contribution in [0.4, 0.5) is 10.2 Å². The maximum Gasteiger partial charge on any atom is 0.351 e. The summed E-state index contributed by atoms with van der Waals surface area (Å²) < 4.78 is 26.2. The van der Waals surface area contributed by atoms with E-state index in [4.69, 9.17) is 15.2 Å². The van der Waals surface area contributed by atoms with Gasteiger partial charge in [0.15, 0.2) is 12.4 Å². The molecule has 112 valence electrons. The summed E-state index contributed by atoms with van der Waals surface area (Å²) in [5.41, 5.74) is 5.52. The maximum atomic E-state index is 14.5. The first-order valence-corrected chi connectivity index (χ1v) is 6.30. The molecule has 0 aromatic carbocycles. The van der Waals surface area contributed by atoms with Gasteiger partial charge in [-0.2, -0.15) is 4.98 Å². The van der Waals surface area contributed by atoms with Gasteiger partial charge in [0.1, 0.15) is 11.9 Å². The average molecular weight is 286 g/mol. The lowest BCUT2D eigenvalue weighted by Crippen LogP contribution is -2.42. The molecule has 7 nitrogen and oxygen atoms in total. The zero-order valence-electron chi connectivity index (χ0n) is 11.7. The summed E-state index contributed by atoms with van der Waals surface area (Å²) >= 11 is 0. The molecule has 1 aliphatic rings. The Morgan fingerprint density at radius 3 is 2.95 bits per heavy atom. The van der Waals surface area contributed by atoms with Crippen LogP contribution in [0.2, 0.25) is 0 Å². The van der Waals surface area contributed by atoms with Gasteiger partial charge in [-0.3, -0.25) is 4.57 Å². The second-order valence-electron chi connectivity index (χ2n) is 4.78. The summed E-state index contributed by atoms with van der Waals surface area (Å²) in [6.45, 7) is 1.93. The van der Waals surface area contributed by atoms with Crippen LogP contribution < -0.4 is 16.7 Å². The summed E-state index contributed by atoms with van der Waals surface area (Å²) in [7, 11) is 3.15. The maximum absolute atomic E-state index is 14.5. The van der Waals surface area contributed by atoms with Gasteiger partial charge in [0.25, 0.3) is 0 Å². The first-order valence-electron chi connectivity index (χ1n) is 6.30. The van der Waals surface area contributed by atoms with Crippen LogP contribution in [0.3, 0.4) is 0 Å². The van der Waals surface area contributed by atoms with Gasteiger partial charge in [0.05, 0.1) is 12.6 Å². The highest BCUT2D eigenvalue weighted by Gasteiger charge is 2.45. The van der Waals surface area contributed by atoms with E-state index in [0.29, 0.717) is 5.56 Å². The monoisotopic (exact) mass is 286 g/mol. The van der Waals surface area contributed by atoms with E-state index < -0.39 is 30.2 Å². The Hall–Kier alpha value is -1.51. The van der Waals surface area contributed by atoms with Crippen LogP contribution in [-0.4, -0.2) is 48.6 Å². The van der Waals surface area contributed by atoms with E-state index in [1.807, 2.05) is 0 Å². The predicted molar refractivity (Wildman–Crippen MR) is 71.2 cm³/mol. The number of aromatic nitrogens is 2. The zero-order chi connectivity index (χ0) is 14.9. The second kappa shape index (κ2) is 5.86. The molecule has 4 atom stereocenters. The van der Waals surface area contributed by atoms with Gasteiger partial charge >= 0.3 is 5.69 Å². The van der Waals surface area contributed by atoms with Crippen molar-refractivity contribution < 1.29 is 13.9 Å². The number of halogens is 1. The van der Waals surface area contributed by atoms with Crippen molar-refractivity contribution >= 4 is 5.82 Å². The minimum Gasteiger partial charge on any atom is -0.383 e. The number of nitrogens with two attached hydrogens (primary N) is 1. The highest BCUT2D eigenvalue weighted by molar-refractivity contribution is 5.35. The molecular weight excluding hydrogens is 267 g/mol. The van der Waals surface area contributed by atoms with Crippen molar-refractivity contribution in [1.29, 1.82) is 0 Å². The van der Waals surface area contributed by atoms with Gasteiger partial charge in [-0.05, 0) is 14.0 Å². The number of likely N-dealkylation sites (N-methyl/N-ethyl adjacent to an activating group) is 1. The standard InChI is InChI=1S/C12H19FN4O3/c1-6-4-17(12(18)16-10(6)14)11-8(13)9(15-2)7(20-11)5-19-3/h4,7-9,11,15H,5H2,1-3H3,(H2,14,16,18)/t7-,8-,9-,11-/m1/s1. The van der Waals surface area contributed by atoms with E-state index in [1.54, 1.807) is 14.0 Å². The Morgan fingerprint density at radius 2 is 2.35 bits per heavy atom. The molecule has 0 aliphatic carbocycles. The number of methoxy groups -OCH3 is 1. The summed E-state index contributed by atoms with van der Waals surface area (Å²) in [6.07, 6.45) is -1.44. The molecule has 3 N–H and O–H groups in total.